The van der Waals surface area contributed by atoms with Crippen LogP contribution >= 0.6 is 0 Å². The first-order valence-corrected chi connectivity index (χ1v) is 13.6. The predicted molar refractivity (Wildman–Crippen MR) is 153 cm³/mol. The van der Waals surface area contributed by atoms with Gasteiger partial charge in [-0.2, -0.15) is 0 Å². The molecule has 0 radical (unpaired) electrons. The lowest BCUT2D eigenvalue weighted by Gasteiger charge is -2.30. The van der Waals surface area contributed by atoms with Crippen molar-refractivity contribution in [1.82, 2.24) is 20.1 Å². The van der Waals surface area contributed by atoms with E-state index >= 15 is 4.39 Å². The van der Waals surface area contributed by atoms with Crippen molar-refractivity contribution in [2.75, 3.05) is 62.6 Å². The standard InChI is InChI=1S/C29H37FN6O3/c1-4-34(5-2)14-13-32-28(38)20-7-9-21(10-8-20)33-29(39)23-19-35(6-3)25-18-26(36-15-11-31-12-16-36)24(30)17-22(25)27(23)37/h7-10,17-19,31H,4-6,11-16H2,1-3H3,(H,32,38)(H,33,39). The molecule has 39 heavy (non-hydrogen) atoms. The molecule has 1 aliphatic heterocycles. The van der Waals surface area contributed by atoms with Crippen molar-refractivity contribution < 1.29 is 14.0 Å². The molecule has 0 atom stereocenters. The number of fused-ring (bicyclic) bond motifs is 1. The van der Waals surface area contributed by atoms with Crippen molar-refractivity contribution in [1.29, 1.82) is 0 Å². The molecule has 2 aromatic carbocycles. The number of piperazine rings is 1. The highest BCUT2D eigenvalue weighted by molar-refractivity contribution is 6.06. The van der Waals surface area contributed by atoms with Crippen molar-refractivity contribution in [2.24, 2.45) is 0 Å². The third kappa shape index (κ3) is 6.46. The highest BCUT2D eigenvalue weighted by atomic mass is 19.1. The van der Waals surface area contributed by atoms with E-state index in [1.165, 1.54) is 12.3 Å². The van der Waals surface area contributed by atoms with Crippen LogP contribution in [0.1, 0.15) is 41.5 Å². The fraction of sp³-hybridized carbons (Fsp3) is 0.414. The molecule has 0 saturated carbocycles. The number of likely N-dealkylation sites (N-methyl/N-ethyl adjacent to an activating group) is 1. The minimum absolute atomic E-state index is 0.0723. The molecule has 4 rings (SSSR count). The number of aryl methyl sites for hydroxylation is 1. The second-order valence-corrected chi connectivity index (χ2v) is 9.53. The summed E-state index contributed by atoms with van der Waals surface area (Å²) in [6, 6.07) is 9.44. The van der Waals surface area contributed by atoms with E-state index in [1.54, 1.807) is 34.9 Å². The summed E-state index contributed by atoms with van der Waals surface area (Å²) in [4.78, 5) is 43.0. The SMILES string of the molecule is CCN(CC)CCNC(=O)c1ccc(NC(=O)c2cn(CC)c3cc(N4CCNCC4)c(F)cc3c2=O)cc1. The van der Waals surface area contributed by atoms with Crippen LogP contribution in [0.25, 0.3) is 10.9 Å². The Morgan fingerprint density at radius 3 is 2.36 bits per heavy atom. The summed E-state index contributed by atoms with van der Waals surface area (Å²) in [5.41, 5.74) is 1.37. The topological polar surface area (TPSA) is 98.7 Å². The van der Waals surface area contributed by atoms with Gasteiger partial charge in [0.05, 0.1) is 11.2 Å². The van der Waals surface area contributed by atoms with Gasteiger partial charge in [0.25, 0.3) is 11.8 Å². The quantitative estimate of drug-likeness (QED) is 0.369. The van der Waals surface area contributed by atoms with E-state index in [9.17, 15) is 14.4 Å². The maximum Gasteiger partial charge on any atom is 0.261 e. The highest BCUT2D eigenvalue weighted by Crippen LogP contribution is 2.26. The number of carbonyl (C=O) groups excluding carboxylic acids is 2. The third-order valence-corrected chi connectivity index (χ3v) is 7.20. The van der Waals surface area contributed by atoms with Crippen LogP contribution in [-0.4, -0.2) is 73.6 Å². The summed E-state index contributed by atoms with van der Waals surface area (Å²) in [7, 11) is 0. The number of hydrogen-bond acceptors (Lipinski definition) is 6. The van der Waals surface area contributed by atoms with Crippen LogP contribution in [0.4, 0.5) is 15.8 Å². The lowest BCUT2D eigenvalue weighted by Crippen LogP contribution is -2.43. The van der Waals surface area contributed by atoms with Crippen LogP contribution in [0.5, 0.6) is 0 Å². The van der Waals surface area contributed by atoms with Crippen molar-refractivity contribution >= 4 is 34.1 Å². The molecule has 1 aliphatic rings. The average Bonchev–Trinajstić information content (AvgIpc) is 2.96. The van der Waals surface area contributed by atoms with Crippen LogP contribution in [0.15, 0.2) is 47.4 Å². The molecule has 1 aromatic heterocycles. The van der Waals surface area contributed by atoms with Gasteiger partial charge in [-0.3, -0.25) is 14.4 Å². The molecule has 0 bridgehead atoms. The van der Waals surface area contributed by atoms with E-state index < -0.39 is 17.2 Å². The zero-order chi connectivity index (χ0) is 27.9. The lowest BCUT2D eigenvalue weighted by atomic mass is 10.1. The monoisotopic (exact) mass is 536 g/mol. The Kier molecular flexibility index (Phi) is 9.32. The van der Waals surface area contributed by atoms with Crippen LogP contribution in [0.2, 0.25) is 0 Å². The number of hydrogen-bond donors (Lipinski definition) is 3. The van der Waals surface area contributed by atoms with Gasteiger partial charge in [-0.15, -0.1) is 0 Å². The van der Waals surface area contributed by atoms with E-state index in [2.05, 4.69) is 34.7 Å². The Labute approximate surface area is 228 Å². The Hall–Kier alpha value is -3.76. The van der Waals surface area contributed by atoms with Crippen LogP contribution < -0.4 is 26.3 Å². The molecule has 3 N–H and O–H groups in total. The zero-order valence-electron chi connectivity index (χ0n) is 22.8. The van der Waals surface area contributed by atoms with Gasteiger partial charge in [0, 0.05) is 68.6 Å². The molecule has 0 unspecified atom stereocenters. The number of rotatable bonds is 10. The van der Waals surface area contributed by atoms with Crippen molar-refractivity contribution in [3.05, 3.63) is 69.8 Å². The van der Waals surface area contributed by atoms with E-state index in [-0.39, 0.29) is 16.9 Å². The molecule has 3 aromatic rings. The Morgan fingerprint density at radius 2 is 1.72 bits per heavy atom. The number of carbonyl (C=O) groups is 2. The van der Waals surface area contributed by atoms with E-state index in [1.807, 2.05) is 11.8 Å². The van der Waals surface area contributed by atoms with Gasteiger partial charge in [0.1, 0.15) is 11.4 Å². The smallest absolute Gasteiger partial charge is 0.261 e. The van der Waals surface area contributed by atoms with Gasteiger partial charge in [-0.1, -0.05) is 13.8 Å². The number of anilines is 2. The zero-order valence-corrected chi connectivity index (χ0v) is 22.8. The third-order valence-electron chi connectivity index (χ3n) is 7.20. The van der Waals surface area contributed by atoms with Crippen LogP contribution in [0, 0.1) is 5.82 Å². The normalized spacial score (nSPS) is 13.6. The van der Waals surface area contributed by atoms with Crippen molar-refractivity contribution in [2.45, 2.75) is 27.3 Å². The highest BCUT2D eigenvalue weighted by Gasteiger charge is 2.21. The first-order valence-electron chi connectivity index (χ1n) is 13.6. The molecule has 2 heterocycles. The maximum atomic E-state index is 15.1. The number of benzene rings is 2. The number of halogens is 1. The first kappa shape index (κ1) is 28.3. The summed E-state index contributed by atoms with van der Waals surface area (Å²) in [6.45, 7) is 12.6. The molecule has 0 spiro atoms. The number of amides is 2. The molecule has 9 nitrogen and oxygen atoms in total. The molecular formula is C29H37FN6O3. The van der Waals surface area contributed by atoms with Crippen LogP contribution in [0.3, 0.4) is 0 Å². The fourth-order valence-corrected chi connectivity index (χ4v) is 4.84. The minimum atomic E-state index is -0.591. The molecule has 2 amide bonds. The Morgan fingerprint density at radius 1 is 1.03 bits per heavy atom. The van der Waals surface area contributed by atoms with Gasteiger partial charge in [-0.25, -0.2) is 4.39 Å². The molecular weight excluding hydrogens is 499 g/mol. The summed E-state index contributed by atoms with van der Waals surface area (Å²) in [5, 5.41) is 9.05. The summed E-state index contributed by atoms with van der Waals surface area (Å²) in [6.07, 6.45) is 1.52. The second kappa shape index (κ2) is 12.9. The summed E-state index contributed by atoms with van der Waals surface area (Å²) < 4.78 is 16.9. The summed E-state index contributed by atoms with van der Waals surface area (Å²) in [5.74, 6) is -1.26. The van der Waals surface area contributed by atoms with Crippen LogP contribution in [-0.2, 0) is 6.54 Å². The summed E-state index contributed by atoms with van der Waals surface area (Å²) >= 11 is 0. The number of aromatic nitrogens is 1. The van der Waals surface area contributed by atoms with Gasteiger partial charge < -0.3 is 30.3 Å². The average molecular weight is 537 g/mol. The first-order chi connectivity index (χ1) is 18.9. The molecule has 0 aliphatic carbocycles. The Bertz CT molecular complexity index is 1380. The lowest BCUT2D eigenvalue weighted by molar-refractivity contribution is 0.0948. The van der Waals surface area contributed by atoms with E-state index in [4.69, 9.17) is 0 Å². The molecule has 10 heteroatoms. The molecule has 208 valence electrons. The van der Waals surface area contributed by atoms with Gasteiger partial charge in [-0.05, 0) is 56.4 Å². The largest absolute Gasteiger partial charge is 0.367 e. The number of nitrogens with zero attached hydrogens (tertiary/aromatic N) is 3. The minimum Gasteiger partial charge on any atom is -0.367 e. The molecule has 1 saturated heterocycles. The van der Waals surface area contributed by atoms with E-state index in [0.717, 1.165) is 32.7 Å². The van der Waals surface area contributed by atoms with Gasteiger partial charge in [0.15, 0.2) is 0 Å². The number of pyridine rings is 1. The number of nitrogens with one attached hydrogen (secondary N) is 3. The fourth-order valence-electron chi connectivity index (χ4n) is 4.84. The van der Waals surface area contributed by atoms with Crippen molar-refractivity contribution in [3.63, 3.8) is 0 Å². The maximum absolute atomic E-state index is 15.1. The van der Waals surface area contributed by atoms with Crippen molar-refractivity contribution in [3.8, 4) is 0 Å². The Balaban J connectivity index is 1.51. The predicted octanol–water partition coefficient (Wildman–Crippen LogP) is 2.89. The molecule has 1 fully saturated rings. The second-order valence-electron chi connectivity index (χ2n) is 9.53. The van der Waals surface area contributed by atoms with E-state index in [0.29, 0.717) is 48.6 Å². The van der Waals surface area contributed by atoms with Gasteiger partial charge >= 0.3 is 0 Å². The van der Waals surface area contributed by atoms with Gasteiger partial charge in [0.2, 0.25) is 5.43 Å².